The molecule has 3 nitrogen and oxygen atoms in total. The van der Waals surface area contributed by atoms with E-state index in [1.54, 1.807) is 0 Å². The Hall–Kier alpha value is -2.26. The number of hydrazine groups is 1. The van der Waals surface area contributed by atoms with Crippen molar-refractivity contribution < 1.29 is 5.11 Å². The number of nitrogens with zero attached hydrogens (tertiary/aromatic N) is 1. The minimum absolute atomic E-state index is 0.122. The Morgan fingerprint density at radius 1 is 1.00 bits per heavy atom. The van der Waals surface area contributed by atoms with Crippen LogP contribution in [0.2, 0.25) is 0 Å². The molecule has 114 valence electrons. The van der Waals surface area contributed by atoms with Gasteiger partial charge in [-0.25, -0.2) is 5.01 Å². The Bertz CT molecular complexity index is 637. The molecule has 0 fully saturated rings. The highest BCUT2D eigenvalue weighted by atomic mass is 16.3. The maximum Gasteiger partial charge on any atom is 0.141 e. The lowest BCUT2D eigenvalue weighted by Gasteiger charge is -2.25. The van der Waals surface area contributed by atoms with Crippen molar-refractivity contribution in [2.24, 2.45) is 0 Å². The average Bonchev–Trinajstić information content (AvgIpc) is 2.91. The van der Waals surface area contributed by atoms with Crippen molar-refractivity contribution in [3.8, 4) is 0 Å². The van der Waals surface area contributed by atoms with E-state index in [1.165, 1.54) is 0 Å². The minimum Gasteiger partial charge on any atom is -0.508 e. The third-order valence-electron chi connectivity index (χ3n) is 4.01. The smallest absolute Gasteiger partial charge is 0.141 e. The lowest BCUT2D eigenvalue weighted by atomic mass is 10.0. The van der Waals surface area contributed by atoms with E-state index in [0.29, 0.717) is 5.76 Å². The SMILES string of the molecule is CCCCN1NC(c2ccccc2)=C(O)C1c1ccccc1. The van der Waals surface area contributed by atoms with Crippen molar-refractivity contribution in [2.75, 3.05) is 6.54 Å². The number of hydrogen-bond acceptors (Lipinski definition) is 3. The highest BCUT2D eigenvalue weighted by molar-refractivity contribution is 5.68. The van der Waals surface area contributed by atoms with Crippen LogP contribution in [-0.4, -0.2) is 16.7 Å². The van der Waals surface area contributed by atoms with Gasteiger partial charge in [-0.1, -0.05) is 74.0 Å². The number of aliphatic hydroxyl groups is 1. The fourth-order valence-corrected chi connectivity index (χ4v) is 2.85. The van der Waals surface area contributed by atoms with Crippen molar-refractivity contribution in [1.29, 1.82) is 0 Å². The van der Waals surface area contributed by atoms with Crippen LogP contribution in [0.4, 0.5) is 0 Å². The summed E-state index contributed by atoms with van der Waals surface area (Å²) in [5, 5.41) is 12.9. The van der Waals surface area contributed by atoms with E-state index >= 15 is 0 Å². The predicted octanol–water partition coefficient (Wildman–Crippen LogP) is 4.27. The van der Waals surface area contributed by atoms with Gasteiger partial charge in [-0.15, -0.1) is 0 Å². The molecule has 1 heterocycles. The zero-order valence-electron chi connectivity index (χ0n) is 12.9. The van der Waals surface area contributed by atoms with Gasteiger partial charge in [0.2, 0.25) is 0 Å². The highest BCUT2D eigenvalue weighted by Crippen LogP contribution is 2.36. The molecule has 0 saturated heterocycles. The van der Waals surface area contributed by atoms with Crippen molar-refractivity contribution >= 4 is 5.70 Å². The third-order valence-corrected chi connectivity index (χ3v) is 4.01. The molecule has 0 saturated carbocycles. The van der Waals surface area contributed by atoms with E-state index in [-0.39, 0.29) is 6.04 Å². The second-order valence-electron chi connectivity index (χ2n) is 5.60. The van der Waals surface area contributed by atoms with Gasteiger partial charge in [-0.3, -0.25) is 0 Å². The molecule has 2 aromatic carbocycles. The molecule has 3 rings (SSSR count). The van der Waals surface area contributed by atoms with Crippen LogP contribution in [0.15, 0.2) is 66.4 Å². The zero-order valence-corrected chi connectivity index (χ0v) is 12.9. The van der Waals surface area contributed by atoms with Gasteiger partial charge >= 0.3 is 0 Å². The van der Waals surface area contributed by atoms with Gasteiger partial charge in [0, 0.05) is 12.1 Å². The Kier molecular flexibility index (Phi) is 4.45. The summed E-state index contributed by atoms with van der Waals surface area (Å²) in [6, 6.07) is 20.0. The number of rotatable bonds is 5. The molecule has 1 unspecified atom stereocenters. The zero-order chi connectivity index (χ0) is 15.4. The number of benzene rings is 2. The lowest BCUT2D eigenvalue weighted by molar-refractivity contribution is 0.170. The Balaban J connectivity index is 1.96. The van der Waals surface area contributed by atoms with Gasteiger partial charge in [-0.05, 0) is 12.0 Å². The molecule has 2 aromatic rings. The van der Waals surface area contributed by atoms with Crippen LogP contribution >= 0.6 is 0 Å². The summed E-state index contributed by atoms with van der Waals surface area (Å²) in [6.07, 6.45) is 2.22. The summed E-state index contributed by atoms with van der Waals surface area (Å²) >= 11 is 0. The van der Waals surface area contributed by atoms with E-state index < -0.39 is 0 Å². The van der Waals surface area contributed by atoms with Gasteiger partial charge in [0.1, 0.15) is 11.8 Å². The fourth-order valence-electron chi connectivity index (χ4n) is 2.85. The minimum atomic E-state index is -0.122. The van der Waals surface area contributed by atoms with Gasteiger partial charge in [0.05, 0.1) is 5.70 Å². The van der Waals surface area contributed by atoms with E-state index in [1.807, 2.05) is 48.5 Å². The lowest BCUT2D eigenvalue weighted by Crippen LogP contribution is -2.35. The Labute approximate surface area is 131 Å². The summed E-state index contributed by atoms with van der Waals surface area (Å²) < 4.78 is 0. The summed E-state index contributed by atoms with van der Waals surface area (Å²) in [4.78, 5) is 0. The highest BCUT2D eigenvalue weighted by Gasteiger charge is 2.33. The van der Waals surface area contributed by atoms with Crippen molar-refractivity contribution in [3.63, 3.8) is 0 Å². The predicted molar refractivity (Wildman–Crippen MR) is 89.9 cm³/mol. The number of hydrogen-bond donors (Lipinski definition) is 2. The van der Waals surface area contributed by atoms with E-state index in [4.69, 9.17) is 0 Å². The van der Waals surface area contributed by atoms with Crippen LogP contribution in [0, 0.1) is 0 Å². The van der Waals surface area contributed by atoms with Crippen LogP contribution in [0.1, 0.15) is 36.9 Å². The molecule has 0 aromatic heterocycles. The van der Waals surface area contributed by atoms with Crippen molar-refractivity contribution in [2.45, 2.75) is 25.8 Å². The molecule has 0 spiro atoms. The molecule has 22 heavy (non-hydrogen) atoms. The Morgan fingerprint density at radius 2 is 1.64 bits per heavy atom. The monoisotopic (exact) mass is 294 g/mol. The molecule has 1 atom stereocenters. The summed E-state index contributed by atoms with van der Waals surface area (Å²) in [5.41, 5.74) is 6.33. The fraction of sp³-hybridized carbons (Fsp3) is 0.263. The first-order valence-electron chi connectivity index (χ1n) is 7.88. The van der Waals surface area contributed by atoms with Crippen LogP contribution in [0.3, 0.4) is 0 Å². The van der Waals surface area contributed by atoms with Crippen LogP contribution in [0.25, 0.3) is 5.70 Å². The van der Waals surface area contributed by atoms with Crippen LogP contribution in [-0.2, 0) is 0 Å². The van der Waals surface area contributed by atoms with Crippen LogP contribution in [0.5, 0.6) is 0 Å². The molecule has 0 aliphatic carbocycles. The summed E-state index contributed by atoms with van der Waals surface area (Å²) in [5.74, 6) is 0.397. The van der Waals surface area contributed by atoms with E-state index in [9.17, 15) is 5.11 Å². The van der Waals surface area contributed by atoms with E-state index in [0.717, 1.165) is 36.2 Å². The molecular weight excluding hydrogens is 272 g/mol. The second-order valence-corrected chi connectivity index (χ2v) is 5.60. The molecule has 1 aliphatic rings. The number of aliphatic hydroxyl groups excluding tert-OH is 1. The first-order chi connectivity index (χ1) is 10.8. The maximum absolute atomic E-state index is 10.8. The molecule has 1 aliphatic heterocycles. The molecule has 0 bridgehead atoms. The third kappa shape index (κ3) is 2.85. The quantitative estimate of drug-likeness (QED) is 0.864. The number of unbranched alkanes of at least 4 members (excludes halogenated alkanes) is 1. The standard InChI is InChI=1S/C19H22N2O/c1-2-3-14-21-18(16-12-8-5-9-13-16)19(22)17(20-21)15-10-6-4-7-11-15/h4-13,18,20,22H,2-3,14H2,1H3. The summed E-state index contributed by atoms with van der Waals surface area (Å²) in [7, 11) is 0. The summed E-state index contributed by atoms with van der Waals surface area (Å²) in [6.45, 7) is 3.08. The van der Waals surface area contributed by atoms with Gasteiger partial charge in [0.25, 0.3) is 0 Å². The molecule has 3 heteroatoms. The molecule has 0 amide bonds. The molecule has 0 radical (unpaired) electrons. The topological polar surface area (TPSA) is 35.5 Å². The average molecular weight is 294 g/mol. The second kappa shape index (κ2) is 6.67. The van der Waals surface area contributed by atoms with Gasteiger partial charge < -0.3 is 10.5 Å². The first-order valence-corrected chi connectivity index (χ1v) is 7.88. The van der Waals surface area contributed by atoms with Crippen molar-refractivity contribution in [1.82, 2.24) is 10.4 Å². The van der Waals surface area contributed by atoms with Gasteiger partial charge in [-0.2, -0.15) is 0 Å². The number of nitrogens with one attached hydrogen (secondary N) is 1. The normalized spacial score (nSPS) is 18.5. The maximum atomic E-state index is 10.8. The molecule has 2 N–H and O–H groups in total. The van der Waals surface area contributed by atoms with E-state index in [2.05, 4.69) is 29.5 Å². The molecular formula is C19H22N2O. The van der Waals surface area contributed by atoms with Crippen LogP contribution < -0.4 is 5.43 Å². The largest absolute Gasteiger partial charge is 0.508 e. The van der Waals surface area contributed by atoms with Gasteiger partial charge in [0.15, 0.2) is 0 Å². The van der Waals surface area contributed by atoms with Crippen molar-refractivity contribution in [3.05, 3.63) is 77.5 Å². The Morgan fingerprint density at radius 3 is 2.27 bits per heavy atom. The first kappa shape index (κ1) is 14.7.